The lowest BCUT2D eigenvalue weighted by molar-refractivity contribution is -0.385. The van der Waals surface area contributed by atoms with Crippen LogP contribution in [0.25, 0.3) is 0 Å². The second-order valence-corrected chi connectivity index (χ2v) is 7.95. The van der Waals surface area contributed by atoms with Gasteiger partial charge in [-0.25, -0.2) is 0 Å². The minimum Gasteiger partial charge on any atom is -0.477 e. The molecule has 0 aliphatic carbocycles. The van der Waals surface area contributed by atoms with Crippen molar-refractivity contribution in [3.63, 3.8) is 0 Å². The molecule has 0 atom stereocenters. The van der Waals surface area contributed by atoms with Crippen LogP contribution in [0.5, 0.6) is 5.75 Å². The standard InChI is InChI=1S/C12H6Br2ClNO4S/c13-10-4-6(12(14)21-10)9(17)5-20-11-7(15)2-1-3-8(11)16(18)19/h1-4H,5H2. The highest BCUT2D eigenvalue weighted by atomic mass is 79.9. The van der Waals surface area contributed by atoms with E-state index in [-0.39, 0.29) is 28.8 Å². The second kappa shape index (κ2) is 6.87. The van der Waals surface area contributed by atoms with Crippen LogP contribution in [0.15, 0.2) is 31.8 Å². The molecule has 0 fully saturated rings. The third-order valence-corrected chi connectivity index (χ3v) is 5.08. The maximum absolute atomic E-state index is 12.1. The van der Waals surface area contributed by atoms with Gasteiger partial charge in [-0.2, -0.15) is 0 Å². The second-order valence-electron chi connectivity index (χ2n) is 3.79. The number of benzene rings is 1. The number of nitro groups is 1. The van der Waals surface area contributed by atoms with E-state index in [1.165, 1.54) is 29.5 Å². The lowest BCUT2D eigenvalue weighted by Crippen LogP contribution is -2.12. The Morgan fingerprint density at radius 1 is 1.43 bits per heavy atom. The normalized spacial score (nSPS) is 10.4. The van der Waals surface area contributed by atoms with Gasteiger partial charge in [0.05, 0.1) is 17.5 Å². The van der Waals surface area contributed by atoms with Gasteiger partial charge in [-0.1, -0.05) is 17.7 Å². The van der Waals surface area contributed by atoms with E-state index < -0.39 is 4.92 Å². The Hall–Kier alpha value is -0.960. The number of para-hydroxylation sites is 1. The van der Waals surface area contributed by atoms with Crippen molar-refractivity contribution in [3.8, 4) is 5.75 Å². The predicted molar refractivity (Wildman–Crippen MR) is 87.7 cm³/mol. The van der Waals surface area contributed by atoms with E-state index in [1.54, 1.807) is 6.07 Å². The van der Waals surface area contributed by atoms with Crippen LogP contribution in [0.2, 0.25) is 5.02 Å². The van der Waals surface area contributed by atoms with Crippen LogP contribution >= 0.6 is 54.8 Å². The van der Waals surface area contributed by atoms with Gasteiger partial charge in [-0.15, -0.1) is 11.3 Å². The monoisotopic (exact) mass is 453 g/mol. The van der Waals surface area contributed by atoms with Crippen LogP contribution in [0.4, 0.5) is 5.69 Å². The molecule has 1 aromatic carbocycles. The Labute approximate surface area is 145 Å². The first-order valence-corrected chi connectivity index (χ1v) is 8.22. The zero-order chi connectivity index (χ0) is 15.6. The van der Waals surface area contributed by atoms with E-state index in [4.69, 9.17) is 16.3 Å². The maximum Gasteiger partial charge on any atom is 0.312 e. The molecule has 0 aliphatic rings. The molecule has 0 N–H and O–H groups in total. The molecule has 0 radical (unpaired) electrons. The van der Waals surface area contributed by atoms with Crippen molar-refractivity contribution in [2.24, 2.45) is 0 Å². The third kappa shape index (κ3) is 3.82. The van der Waals surface area contributed by atoms with Crippen molar-refractivity contribution in [3.05, 3.63) is 52.5 Å². The number of halogens is 3. The first kappa shape index (κ1) is 16.4. The van der Waals surface area contributed by atoms with Crippen molar-refractivity contribution in [2.45, 2.75) is 0 Å². The van der Waals surface area contributed by atoms with Gasteiger partial charge >= 0.3 is 5.69 Å². The number of nitro benzene ring substituents is 1. The molecule has 9 heteroatoms. The van der Waals surface area contributed by atoms with Gasteiger partial charge in [0.15, 0.2) is 6.61 Å². The first-order chi connectivity index (χ1) is 9.90. The number of Topliss-reactive ketones (excluding diaryl/α,β-unsaturated/α-hetero) is 1. The molecule has 0 saturated heterocycles. The highest BCUT2D eigenvalue weighted by Crippen LogP contribution is 2.35. The van der Waals surface area contributed by atoms with Crippen LogP contribution in [-0.2, 0) is 0 Å². The first-order valence-electron chi connectivity index (χ1n) is 5.44. The number of nitrogens with zero attached hydrogens (tertiary/aromatic N) is 1. The smallest absolute Gasteiger partial charge is 0.312 e. The summed E-state index contributed by atoms with van der Waals surface area (Å²) in [7, 11) is 0. The molecule has 2 rings (SSSR count). The van der Waals surface area contributed by atoms with Crippen molar-refractivity contribution in [1.29, 1.82) is 0 Å². The summed E-state index contributed by atoms with van der Waals surface area (Å²) < 4.78 is 6.71. The summed E-state index contributed by atoms with van der Waals surface area (Å²) in [5, 5.41) is 11.0. The topological polar surface area (TPSA) is 69.4 Å². The van der Waals surface area contributed by atoms with Crippen molar-refractivity contribution in [1.82, 2.24) is 0 Å². The van der Waals surface area contributed by atoms with Gasteiger partial charge in [0.2, 0.25) is 11.5 Å². The van der Waals surface area contributed by atoms with E-state index in [9.17, 15) is 14.9 Å². The number of hydrogen-bond donors (Lipinski definition) is 0. The Morgan fingerprint density at radius 2 is 2.14 bits per heavy atom. The molecule has 0 bridgehead atoms. The van der Waals surface area contributed by atoms with Crippen molar-refractivity contribution in [2.75, 3.05) is 6.61 Å². The molecule has 21 heavy (non-hydrogen) atoms. The summed E-state index contributed by atoms with van der Waals surface area (Å²) in [5.74, 6) is -0.416. The predicted octanol–water partition coefficient (Wildman–Crippen LogP) is 5.10. The SMILES string of the molecule is O=C(COc1c(Cl)cccc1[N+](=O)[O-])c1cc(Br)sc1Br. The van der Waals surface area contributed by atoms with Gasteiger partial charge < -0.3 is 4.74 Å². The van der Waals surface area contributed by atoms with Crippen LogP contribution in [0.3, 0.4) is 0 Å². The third-order valence-electron chi connectivity index (χ3n) is 2.45. The lowest BCUT2D eigenvalue weighted by Gasteiger charge is -2.07. The maximum atomic E-state index is 12.1. The minimum atomic E-state index is -0.608. The van der Waals surface area contributed by atoms with E-state index in [2.05, 4.69) is 31.9 Å². The molecule has 1 heterocycles. The molecular formula is C12H6Br2ClNO4S. The molecule has 5 nitrogen and oxygen atoms in total. The zero-order valence-electron chi connectivity index (χ0n) is 10.1. The van der Waals surface area contributed by atoms with Crippen molar-refractivity contribution < 1.29 is 14.5 Å². The molecule has 1 aromatic heterocycles. The summed E-state index contributed by atoms with van der Waals surface area (Å²) in [6, 6.07) is 5.83. The van der Waals surface area contributed by atoms with E-state index in [0.29, 0.717) is 9.35 Å². The van der Waals surface area contributed by atoms with Crippen LogP contribution in [0.1, 0.15) is 10.4 Å². The Balaban J connectivity index is 2.19. The van der Waals surface area contributed by atoms with Gasteiger partial charge in [-0.05, 0) is 44.0 Å². The lowest BCUT2D eigenvalue weighted by atomic mass is 10.2. The average molecular weight is 456 g/mol. The van der Waals surface area contributed by atoms with Crippen molar-refractivity contribution >= 4 is 66.3 Å². The fourth-order valence-electron chi connectivity index (χ4n) is 1.53. The fraction of sp³-hybridized carbons (Fsp3) is 0.0833. The molecule has 0 amide bonds. The van der Waals surface area contributed by atoms with Gasteiger partial charge in [0.1, 0.15) is 0 Å². The number of rotatable bonds is 5. The van der Waals surface area contributed by atoms with Crippen LogP contribution in [-0.4, -0.2) is 17.3 Å². The van der Waals surface area contributed by atoms with Gasteiger partial charge in [0.25, 0.3) is 0 Å². The number of carbonyl (C=O) groups excluding carboxylic acids is 1. The molecule has 0 unspecified atom stereocenters. The average Bonchev–Trinajstić information content (AvgIpc) is 2.75. The summed E-state index contributed by atoms with van der Waals surface area (Å²) in [6.45, 7) is -0.341. The number of carbonyl (C=O) groups is 1. The summed E-state index contributed by atoms with van der Waals surface area (Å²) in [4.78, 5) is 22.4. The fourth-order valence-corrected chi connectivity index (χ4v) is 4.61. The molecule has 110 valence electrons. The minimum absolute atomic E-state index is 0.0857. The molecule has 0 aliphatic heterocycles. The Bertz CT molecular complexity index is 719. The van der Waals surface area contributed by atoms with E-state index in [0.717, 1.165) is 3.79 Å². The summed E-state index contributed by atoms with van der Waals surface area (Å²) in [5.41, 5.74) is 0.169. The summed E-state index contributed by atoms with van der Waals surface area (Å²) >= 11 is 13.8. The molecular weight excluding hydrogens is 449 g/mol. The number of ether oxygens (including phenoxy) is 1. The Morgan fingerprint density at radius 3 is 2.71 bits per heavy atom. The highest BCUT2D eigenvalue weighted by Gasteiger charge is 2.21. The number of ketones is 1. The number of hydrogen-bond acceptors (Lipinski definition) is 5. The van der Waals surface area contributed by atoms with E-state index >= 15 is 0 Å². The van der Waals surface area contributed by atoms with Gasteiger partial charge in [-0.3, -0.25) is 14.9 Å². The molecule has 0 saturated carbocycles. The number of thiophene rings is 1. The largest absolute Gasteiger partial charge is 0.477 e. The molecule has 0 spiro atoms. The molecule has 2 aromatic rings. The van der Waals surface area contributed by atoms with Gasteiger partial charge in [0, 0.05) is 11.6 Å². The zero-order valence-corrected chi connectivity index (χ0v) is 14.9. The summed E-state index contributed by atoms with van der Waals surface area (Å²) in [6.07, 6.45) is 0. The van der Waals surface area contributed by atoms with Crippen LogP contribution in [0, 0.1) is 10.1 Å². The highest BCUT2D eigenvalue weighted by molar-refractivity contribution is 9.12. The van der Waals surface area contributed by atoms with Crippen LogP contribution < -0.4 is 4.74 Å². The van der Waals surface area contributed by atoms with E-state index in [1.807, 2.05) is 0 Å². The quantitative estimate of drug-likeness (QED) is 0.358. The Kier molecular flexibility index (Phi) is 5.37.